The van der Waals surface area contributed by atoms with E-state index < -0.39 is 35.3 Å². The van der Waals surface area contributed by atoms with Gasteiger partial charge in [0.2, 0.25) is 0 Å². The van der Waals surface area contributed by atoms with Crippen LogP contribution in [0, 0.1) is 16.2 Å². The van der Waals surface area contributed by atoms with Gasteiger partial charge in [-0.05, 0) is 105 Å². The first-order valence-electron chi connectivity index (χ1n) is 19.9. The summed E-state index contributed by atoms with van der Waals surface area (Å²) in [6, 6.07) is 0. The molecule has 0 atom stereocenters. The number of piperidine rings is 2. The van der Waals surface area contributed by atoms with E-state index in [0.717, 1.165) is 19.5 Å². The Morgan fingerprint density at radius 1 is 0.800 bits per heavy atom. The number of hydrogen-bond acceptors (Lipinski definition) is 11. The maximum absolute atomic E-state index is 11.4. The van der Waals surface area contributed by atoms with E-state index in [4.69, 9.17) is 29.4 Å². The highest BCUT2D eigenvalue weighted by Crippen LogP contribution is 2.23. The van der Waals surface area contributed by atoms with E-state index in [-0.39, 0.29) is 60.4 Å². The molecule has 2 saturated heterocycles. The lowest BCUT2D eigenvalue weighted by atomic mass is 9.85. The summed E-state index contributed by atoms with van der Waals surface area (Å²) in [7, 11) is 0. The number of carbonyl (C=O) groups excluding carboxylic acids is 4. The van der Waals surface area contributed by atoms with Crippen LogP contribution in [-0.4, -0.2) is 91.8 Å². The summed E-state index contributed by atoms with van der Waals surface area (Å²) in [6.45, 7) is 36.9. The third-order valence-corrected chi connectivity index (χ3v) is 6.85. The zero-order valence-electron chi connectivity index (χ0n) is 39.4. The second-order valence-corrected chi connectivity index (χ2v) is 19.8. The van der Waals surface area contributed by atoms with E-state index in [2.05, 4.69) is 49.0 Å². The van der Waals surface area contributed by atoms with Crippen molar-refractivity contribution in [2.75, 3.05) is 45.8 Å². The topological polar surface area (TPSA) is 213 Å². The van der Waals surface area contributed by atoms with Crippen LogP contribution in [0.4, 0.5) is 9.59 Å². The van der Waals surface area contributed by atoms with Crippen molar-refractivity contribution < 1.29 is 32.8 Å². The fourth-order valence-corrected chi connectivity index (χ4v) is 4.11. The maximum atomic E-state index is 11.4. The quantitative estimate of drug-likeness (QED) is 0.120. The molecule has 2 rings (SSSR count). The van der Waals surface area contributed by atoms with Gasteiger partial charge in [0.05, 0.1) is 6.54 Å². The smallest absolute Gasteiger partial charge is 0.407 e. The van der Waals surface area contributed by atoms with E-state index in [1.54, 1.807) is 0 Å². The number of ether oxygens (including phenoxy) is 2. The van der Waals surface area contributed by atoms with Crippen molar-refractivity contribution >= 4 is 47.7 Å². The SMILES string of the molecule is C.CC(C)(N)CN.CC(C)(N)CNC(=O)OC(C)(C)C.CC1(C)CNCC(=O)C1.CCC(=O)CC(C)(C)CNC(=O)OC(C)(C)C.I.[2H]C1([2H])CNCC(C)(C)C1.[HH]. The Bertz CT molecular complexity index is 1150. The average Bonchev–Trinajstić information content (AvgIpc) is 2.92. The number of alkyl carbamates (subject to hydrolysis) is 2. The van der Waals surface area contributed by atoms with Gasteiger partial charge in [0, 0.05) is 67.2 Å². The fourth-order valence-electron chi connectivity index (χ4n) is 4.11. The highest BCUT2D eigenvalue weighted by Gasteiger charge is 2.26. The predicted octanol–water partition coefficient (Wildman–Crippen LogP) is 7.31. The predicted molar refractivity (Wildman–Crippen MR) is 244 cm³/mol. The molecular formula is C41H92IN7O6. The maximum Gasteiger partial charge on any atom is 0.407 e. The number of carbonyl (C=O) groups is 4. The van der Waals surface area contributed by atoms with E-state index >= 15 is 0 Å². The van der Waals surface area contributed by atoms with Gasteiger partial charge in [-0.3, -0.25) is 9.59 Å². The number of Topliss-reactive ketones (excluding diaryl/α,β-unsaturated/α-hetero) is 2. The number of amides is 2. The van der Waals surface area contributed by atoms with Crippen LogP contribution in [0.2, 0.25) is 0 Å². The summed E-state index contributed by atoms with van der Waals surface area (Å²) >= 11 is 0. The zero-order chi connectivity index (χ0) is 44.3. The molecule has 2 aliphatic heterocycles. The van der Waals surface area contributed by atoms with Gasteiger partial charge in [0.25, 0.3) is 0 Å². The number of halogens is 1. The van der Waals surface area contributed by atoms with Crippen LogP contribution in [0.1, 0.15) is 161 Å². The molecule has 0 aliphatic carbocycles. The molecule has 0 aromatic rings. The molecule has 0 aromatic heterocycles. The average molecular weight is 908 g/mol. The number of rotatable bonds is 8. The first-order chi connectivity index (χ1) is 24.2. The Labute approximate surface area is 359 Å². The van der Waals surface area contributed by atoms with Crippen LogP contribution < -0.4 is 38.5 Å². The second-order valence-electron chi connectivity index (χ2n) is 19.8. The van der Waals surface area contributed by atoms with Crippen molar-refractivity contribution in [2.45, 2.75) is 179 Å². The first-order valence-corrected chi connectivity index (χ1v) is 18.9. The molecule has 0 radical (unpaired) electrons. The Kier molecular flexibility index (Phi) is 29.3. The molecule has 0 spiro atoms. The van der Waals surface area contributed by atoms with E-state index in [0.29, 0.717) is 57.8 Å². The van der Waals surface area contributed by atoms with Gasteiger partial charge in [0.1, 0.15) is 22.8 Å². The van der Waals surface area contributed by atoms with Crippen molar-refractivity contribution in [3.63, 3.8) is 0 Å². The summed E-state index contributed by atoms with van der Waals surface area (Å²) < 4.78 is 25.1. The second kappa shape index (κ2) is 27.9. The lowest BCUT2D eigenvalue weighted by molar-refractivity contribution is -0.122. The number of hydrogen-bond donors (Lipinski definition) is 7. The van der Waals surface area contributed by atoms with Crippen molar-refractivity contribution in [3.8, 4) is 0 Å². The molecule has 13 nitrogen and oxygen atoms in total. The van der Waals surface area contributed by atoms with Crippen molar-refractivity contribution in [1.29, 1.82) is 0 Å². The van der Waals surface area contributed by atoms with Gasteiger partial charge in [-0.1, -0.05) is 55.9 Å². The monoisotopic (exact) mass is 908 g/mol. The third kappa shape index (κ3) is 48.5. The van der Waals surface area contributed by atoms with Crippen molar-refractivity contribution in [2.24, 2.45) is 33.4 Å². The molecule has 0 aromatic carbocycles. The van der Waals surface area contributed by atoms with Gasteiger partial charge < -0.3 is 47.9 Å². The Morgan fingerprint density at radius 3 is 1.49 bits per heavy atom. The van der Waals surface area contributed by atoms with Crippen LogP contribution in [-0.2, 0) is 19.1 Å². The van der Waals surface area contributed by atoms with Crippen LogP contribution >= 0.6 is 24.0 Å². The molecule has 0 saturated carbocycles. The summed E-state index contributed by atoms with van der Waals surface area (Å²) in [6.07, 6.45) is 0.560. The molecule has 2 heterocycles. The highest BCUT2D eigenvalue weighted by atomic mass is 127. The first kappa shape index (κ1) is 57.7. The zero-order valence-corrected chi connectivity index (χ0v) is 39.7. The van der Waals surface area contributed by atoms with Gasteiger partial charge in [0.15, 0.2) is 0 Å². The van der Waals surface area contributed by atoms with Crippen molar-refractivity contribution in [3.05, 3.63) is 0 Å². The number of nitrogens with two attached hydrogens (primary N) is 3. The van der Waals surface area contributed by atoms with Crippen LogP contribution in [0.25, 0.3) is 0 Å². The van der Waals surface area contributed by atoms with Gasteiger partial charge in [-0.15, -0.1) is 24.0 Å². The molecule has 334 valence electrons. The van der Waals surface area contributed by atoms with Gasteiger partial charge >= 0.3 is 12.2 Å². The minimum Gasteiger partial charge on any atom is -0.444 e. The molecule has 10 N–H and O–H groups in total. The minimum atomic E-state index is -0.998. The Hall–Kier alpha value is -1.59. The largest absolute Gasteiger partial charge is 0.444 e. The summed E-state index contributed by atoms with van der Waals surface area (Å²) in [5.41, 5.74) is 14.8. The van der Waals surface area contributed by atoms with Gasteiger partial charge in [-0.2, -0.15) is 0 Å². The van der Waals surface area contributed by atoms with E-state index in [1.807, 2.05) is 90.0 Å². The fraction of sp³-hybridized carbons (Fsp3) is 0.902. The Balaban J connectivity index is -0.000000149. The third-order valence-electron chi connectivity index (χ3n) is 6.85. The molecule has 0 bridgehead atoms. The van der Waals surface area contributed by atoms with E-state index in [9.17, 15) is 19.2 Å². The normalized spacial score (nSPS) is 17.8. The number of ketones is 2. The van der Waals surface area contributed by atoms with E-state index in [1.165, 1.54) is 0 Å². The molecule has 2 aliphatic rings. The van der Waals surface area contributed by atoms with Crippen LogP contribution in [0.3, 0.4) is 0 Å². The molecule has 0 unspecified atom stereocenters. The van der Waals surface area contributed by atoms with Crippen LogP contribution in [0.15, 0.2) is 0 Å². The molecular weight excluding hydrogens is 813 g/mol. The van der Waals surface area contributed by atoms with Gasteiger partial charge in [-0.25, -0.2) is 9.59 Å². The minimum absolute atomic E-state index is 0. The highest BCUT2D eigenvalue weighted by molar-refractivity contribution is 14.0. The lowest BCUT2D eigenvalue weighted by Gasteiger charge is -2.29. The standard InChI is InChI=1S/C13H25NO3.C9H20N2O2.C7H13NO.C7H15N.C4H12N2.CH4.HI.H2/c1-7-10(15)8-13(5,6)9-14-11(16)17-12(2,3)4;1-8(2,3)13-7(12)11-6-9(4,5)10;1-7(2)3-6(9)4-8-5-7;1-7(2)4-3-5-8-6-7;1-4(2,6)3-5;;;/h7-9H2,1-6H3,(H,14,16);6,10H2,1-5H3,(H,11,12);8H,3-5H2,1-2H3;8H,3-6H2,1-2H3;3,5-6H2,1-2H3;1H4;2*1H/i;;;3D2;;;;. The lowest BCUT2D eigenvalue weighted by Crippen LogP contribution is -2.46. The Morgan fingerprint density at radius 2 is 1.22 bits per heavy atom. The van der Waals surface area contributed by atoms with Crippen LogP contribution in [0.5, 0.6) is 0 Å². The molecule has 14 heteroatoms. The molecule has 2 fully saturated rings. The summed E-state index contributed by atoms with van der Waals surface area (Å²) in [4.78, 5) is 44.7. The summed E-state index contributed by atoms with van der Waals surface area (Å²) in [5, 5.41) is 11.5. The summed E-state index contributed by atoms with van der Waals surface area (Å²) in [5.74, 6) is 0.548. The van der Waals surface area contributed by atoms with Crippen molar-refractivity contribution in [1.82, 2.24) is 21.3 Å². The molecule has 55 heavy (non-hydrogen) atoms. The number of nitrogens with one attached hydrogen (secondary N) is 4. The molecule has 2 amide bonds.